The minimum atomic E-state index is -0.592. The van der Waals surface area contributed by atoms with E-state index in [4.69, 9.17) is 9.72 Å². The van der Waals surface area contributed by atoms with E-state index in [1.165, 1.54) is 16.6 Å². The first kappa shape index (κ1) is 21.8. The van der Waals surface area contributed by atoms with E-state index in [-0.39, 0.29) is 5.56 Å². The lowest BCUT2D eigenvalue weighted by Crippen LogP contribution is -2.42. The summed E-state index contributed by atoms with van der Waals surface area (Å²) in [4.78, 5) is 44.0. The molecule has 10 heteroatoms. The molecule has 0 fully saturated rings. The van der Waals surface area contributed by atoms with E-state index in [1.54, 1.807) is 36.9 Å². The molecule has 0 saturated carbocycles. The Morgan fingerprint density at radius 3 is 2.83 bits per heavy atom. The Morgan fingerprint density at radius 2 is 2.10 bits per heavy atom. The first-order valence-corrected chi connectivity index (χ1v) is 11.4. The van der Waals surface area contributed by atoms with Crippen molar-refractivity contribution in [2.45, 2.75) is 56.5 Å². The Balaban J connectivity index is 1.94. The van der Waals surface area contributed by atoms with E-state index in [9.17, 15) is 14.4 Å². The van der Waals surface area contributed by atoms with Gasteiger partial charge in [-0.2, -0.15) is 0 Å². The number of ether oxygens (including phenoxy) is 1. The van der Waals surface area contributed by atoms with Crippen LogP contribution in [0.2, 0.25) is 0 Å². The predicted octanol–water partition coefficient (Wildman–Crippen LogP) is 2.31. The summed E-state index contributed by atoms with van der Waals surface area (Å²) in [5.74, 6) is -0.431. The molecule has 0 aromatic carbocycles. The van der Waals surface area contributed by atoms with Gasteiger partial charge in [0.15, 0.2) is 5.16 Å². The van der Waals surface area contributed by atoms with Crippen molar-refractivity contribution in [3.05, 3.63) is 20.8 Å². The second-order valence-electron chi connectivity index (χ2n) is 6.84. The fraction of sp³-hybridized carbons (Fsp3) is 0.579. The molecule has 0 radical (unpaired) electrons. The summed E-state index contributed by atoms with van der Waals surface area (Å²) >= 11 is 2.75. The van der Waals surface area contributed by atoms with Crippen LogP contribution in [0, 0.1) is 0 Å². The summed E-state index contributed by atoms with van der Waals surface area (Å²) in [6, 6.07) is -0.531. The lowest BCUT2D eigenvalue weighted by Gasteiger charge is -2.16. The van der Waals surface area contributed by atoms with Crippen LogP contribution in [0.15, 0.2) is 9.95 Å². The summed E-state index contributed by atoms with van der Waals surface area (Å²) in [6.07, 6.45) is 4.12. The average molecular weight is 439 g/mol. The summed E-state index contributed by atoms with van der Waals surface area (Å²) in [5.41, 5.74) is 1.06. The van der Waals surface area contributed by atoms with Gasteiger partial charge in [-0.3, -0.25) is 19.5 Å². The van der Waals surface area contributed by atoms with E-state index in [0.29, 0.717) is 30.2 Å². The van der Waals surface area contributed by atoms with E-state index in [2.05, 4.69) is 10.6 Å². The van der Waals surface area contributed by atoms with Crippen LogP contribution in [-0.2, 0) is 28.9 Å². The molecule has 1 aliphatic rings. The van der Waals surface area contributed by atoms with Gasteiger partial charge in [0, 0.05) is 18.5 Å². The number of nitrogens with zero attached hydrogens (tertiary/aromatic N) is 2. The van der Waals surface area contributed by atoms with Crippen LogP contribution < -0.4 is 16.2 Å². The van der Waals surface area contributed by atoms with Crippen LogP contribution in [0.1, 0.15) is 37.1 Å². The number of imide groups is 1. The molecule has 0 saturated heterocycles. The molecule has 0 unspecified atom stereocenters. The van der Waals surface area contributed by atoms with Crippen LogP contribution in [-0.4, -0.2) is 47.0 Å². The molecule has 2 heterocycles. The van der Waals surface area contributed by atoms with Crippen LogP contribution in [0.25, 0.3) is 10.2 Å². The molecule has 1 atom stereocenters. The molecular formula is C19H26N4O4S2. The monoisotopic (exact) mass is 438 g/mol. The van der Waals surface area contributed by atoms with Crippen molar-refractivity contribution in [3.8, 4) is 0 Å². The number of amides is 3. The Morgan fingerprint density at radius 1 is 1.34 bits per heavy atom. The molecule has 29 heavy (non-hydrogen) atoms. The third kappa shape index (κ3) is 4.81. The molecule has 2 N–H and O–H groups in total. The Kier molecular flexibility index (Phi) is 7.31. The van der Waals surface area contributed by atoms with E-state index in [1.807, 2.05) is 0 Å². The number of nitrogens with one attached hydrogen (secondary N) is 2. The normalized spacial score (nSPS) is 14.4. The van der Waals surface area contributed by atoms with Gasteiger partial charge in [-0.15, -0.1) is 11.3 Å². The lowest BCUT2D eigenvalue weighted by molar-refractivity contribution is -0.119. The quantitative estimate of drug-likeness (QED) is 0.508. The maximum absolute atomic E-state index is 13.3. The number of thiophene rings is 1. The number of carbonyl (C=O) groups excluding carboxylic acids is 2. The zero-order chi connectivity index (χ0) is 21.0. The number of methoxy groups -OCH3 is 1. The number of urea groups is 1. The first-order chi connectivity index (χ1) is 14.0. The van der Waals surface area contributed by atoms with Crippen molar-refractivity contribution >= 4 is 45.3 Å². The van der Waals surface area contributed by atoms with Crippen molar-refractivity contribution in [2.24, 2.45) is 0 Å². The number of aromatic nitrogens is 2. The zero-order valence-electron chi connectivity index (χ0n) is 16.9. The molecule has 0 spiro atoms. The Bertz CT molecular complexity index is 969. The maximum Gasteiger partial charge on any atom is 0.321 e. The number of fused-ring (bicyclic) bond motifs is 3. The highest BCUT2D eigenvalue weighted by atomic mass is 32.2. The van der Waals surface area contributed by atoms with Gasteiger partial charge in [0.1, 0.15) is 4.83 Å². The largest absolute Gasteiger partial charge is 0.383 e. The molecule has 3 rings (SSSR count). The number of thioether (sulfide) groups is 1. The van der Waals surface area contributed by atoms with Gasteiger partial charge in [-0.05, 0) is 45.1 Å². The van der Waals surface area contributed by atoms with Gasteiger partial charge >= 0.3 is 6.03 Å². The standard InChI is InChI=1S/C19H26N4O4S2/c1-4-20-18(26)21-15(24)11(2)28-19-22-16-14(17(25)23(19)9-10-27-3)12-7-5-6-8-13(12)29-16/h11H,4-10H2,1-3H3,(H2,20,21,24,26)/t11-/m0/s1. The zero-order valence-corrected chi connectivity index (χ0v) is 18.5. The summed E-state index contributed by atoms with van der Waals surface area (Å²) in [5, 5.41) is 5.43. The highest BCUT2D eigenvalue weighted by Crippen LogP contribution is 2.35. The molecule has 158 valence electrons. The fourth-order valence-electron chi connectivity index (χ4n) is 3.32. The Hall–Kier alpha value is -1.91. The van der Waals surface area contributed by atoms with Crippen LogP contribution in [0.4, 0.5) is 4.79 Å². The topological polar surface area (TPSA) is 102 Å². The highest BCUT2D eigenvalue weighted by molar-refractivity contribution is 8.00. The van der Waals surface area contributed by atoms with Gasteiger partial charge in [-0.25, -0.2) is 9.78 Å². The van der Waals surface area contributed by atoms with Gasteiger partial charge in [0.05, 0.1) is 23.8 Å². The van der Waals surface area contributed by atoms with E-state index in [0.717, 1.165) is 36.1 Å². The van der Waals surface area contributed by atoms with Crippen LogP contribution in [0.3, 0.4) is 0 Å². The van der Waals surface area contributed by atoms with Crippen molar-refractivity contribution in [2.75, 3.05) is 20.3 Å². The number of rotatable bonds is 7. The molecule has 8 nitrogen and oxygen atoms in total. The number of hydrogen-bond donors (Lipinski definition) is 2. The van der Waals surface area contributed by atoms with Gasteiger partial charge < -0.3 is 10.1 Å². The molecule has 1 aliphatic carbocycles. The van der Waals surface area contributed by atoms with Crippen molar-refractivity contribution in [1.82, 2.24) is 20.2 Å². The van der Waals surface area contributed by atoms with Crippen molar-refractivity contribution in [1.29, 1.82) is 0 Å². The summed E-state index contributed by atoms with van der Waals surface area (Å²) in [7, 11) is 1.58. The minimum Gasteiger partial charge on any atom is -0.383 e. The molecule has 0 bridgehead atoms. The van der Waals surface area contributed by atoms with Crippen molar-refractivity contribution < 1.29 is 14.3 Å². The lowest BCUT2D eigenvalue weighted by atomic mass is 9.97. The third-order valence-corrected chi connectivity index (χ3v) is 7.06. The fourth-order valence-corrected chi connectivity index (χ4v) is 5.56. The molecule has 0 aliphatic heterocycles. The van der Waals surface area contributed by atoms with Gasteiger partial charge in [0.2, 0.25) is 5.91 Å². The molecule has 2 aromatic rings. The highest BCUT2D eigenvalue weighted by Gasteiger charge is 2.24. The summed E-state index contributed by atoms with van der Waals surface area (Å²) < 4.78 is 6.76. The van der Waals surface area contributed by atoms with Gasteiger partial charge in [0.25, 0.3) is 5.56 Å². The van der Waals surface area contributed by atoms with Crippen LogP contribution >= 0.6 is 23.1 Å². The minimum absolute atomic E-state index is 0.0784. The van der Waals surface area contributed by atoms with E-state index < -0.39 is 17.2 Å². The molecule has 2 aromatic heterocycles. The average Bonchev–Trinajstić information content (AvgIpc) is 3.06. The van der Waals surface area contributed by atoms with Crippen molar-refractivity contribution in [3.63, 3.8) is 0 Å². The second kappa shape index (κ2) is 9.73. The van der Waals surface area contributed by atoms with Crippen LogP contribution in [0.5, 0.6) is 0 Å². The molecule has 3 amide bonds. The number of hydrogen-bond acceptors (Lipinski definition) is 7. The predicted molar refractivity (Wildman–Crippen MR) is 115 cm³/mol. The number of aryl methyl sites for hydroxylation is 2. The maximum atomic E-state index is 13.3. The SMILES string of the molecule is CCNC(=O)NC(=O)[C@H](C)Sc1nc2sc3c(c2c(=O)n1CCOC)CCCC3. The number of carbonyl (C=O) groups is 2. The summed E-state index contributed by atoms with van der Waals surface area (Å²) in [6.45, 7) is 4.62. The van der Waals surface area contributed by atoms with Gasteiger partial charge in [-0.1, -0.05) is 11.8 Å². The first-order valence-electron chi connectivity index (χ1n) is 9.75. The van der Waals surface area contributed by atoms with E-state index >= 15 is 0 Å². The molecular weight excluding hydrogens is 412 g/mol. The second-order valence-corrected chi connectivity index (χ2v) is 9.24. The Labute approximate surface area is 177 Å². The smallest absolute Gasteiger partial charge is 0.321 e. The third-order valence-electron chi connectivity index (χ3n) is 4.78.